The summed E-state index contributed by atoms with van der Waals surface area (Å²) in [6.07, 6.45) is 8.89. The summed E-state index contributed by atoms with van der Waals surface area (Å²) in [5.74, 6) is 0.842. The molecule has 2 rings (SSSR count). The Morgan fingerprint density at radius 1 is 1.10 bits per heavy atom. The van der Waals surface area contributed by atoms with Crippen LogP contribution < -0.4 is 5.73 Å². The van der Waals surface area contributed by atoms with Gasteiger partial charge in [0.1, 0.15) is 0 Å². The van der Waals surface area contributed by atoms with Gasteiger partial charge in [0.15, 0.2) is 0 Å². The summed E-state index contributed by atoms with van der Waals surface area (Å²) in [7, 11) is 2.32. The zero-order chi connectivity index (χ0) is 15.5. The van der Waals surface area contributed by atoms with Crippen LogP contribution in [0.25, 0.3) is 0 Å². The zero-order valence-corrected chi connectivity index (χ0v) is 14.7. The third kappa shape index (κ3) is 4.00. The molecule has 3 nitrogen and oxygen atoms in total. The van der Waals surface area contributed by atoms with E-state index in [9.17, 15) is 0 Å². The summed E-state index contributed by atoms with van der Waals surface area (Å²) in [6, 6.07) is 0.661. The van der Waals surface area contributed by atoms with Crippen LogP contribution in [0.15, 0.2) is 0 Å². The molecule has 2 N–H and O–H groups in total. The summed E-state index contributed by atoms with van der Waals surface area (Å²) < 4.78 is 5.53. The molecule has 3 heteroatoms. The highest BCUT2D eigenvalue weighted by molar-refractivity contribution is 4.97. The largest absolute Gasteiger partial charge is 0.381 e. The molecule has 0 aromatic carbocycles. The zero-order valence-electron chi connectivity index (χ0n) is 14.7. The maximum Gasteiger partial charge on any atom is 0.0480 e. The third-order valence-corrected chi connectivity index (χ3v) is 6.24. The first-order chi connectivity index (χ1) is 9.89. The summed E-state index contributed by atoms with van der Waals surface area (Å²) in [4.78, 5) is 2.64. The lowest BCUT2D eigenvalue weighted by Gasteiger charge is -2.46. The molecule has 1 saturated carbocycles. The molecule has 2 aliphatic rings. The Balaban J connectivity index is 2.06. The Kier molecular flexibility index (Phi) is 5.72. The van der Waals surface area contributed by atoms with E-state index in [1.165, 1.54) is 44.9 Å². The molecule has 0 bridgehead atoms. The molecule has 1 heterocycles. The average molecular weight is 296 g/mol. The smallest absolute Gasteiger partial charge is 0.0480 e. The molecule has 124 valence electrons. The van der Waals surface area contributed by atoms with Gasteiger partial charge in [-0.1, -0.05) is 27.2 Å². The molecule has 0 amide bonds. The van der Waals surface area contributed by atoms with Crippen molar-refractivity contribution in [3.8, 4) is 0 Å². The van der Waals surface area contributed by atoms with Crippen LogP contribution in [0, 0.1) is 11.3 Å². The van der Waals surface area contributed by atoms with Crippen molar-refractivity contribution in [1.29, 1.82) is 0 Å². The van der Waals surface area contributed by atoms with Crippen molar-refractivity contribution in [2.24, 2.45) is 17.1 Å². The Bertz CT molecular complexity index is 320. The van der Waals surface area contributed by atoms with Gasteiger partial charge in [-0.15, -0.1) is 0 Å². The second-order valence-electron chi connectivity index (χ2n) is 8.38. The van der Waals surface area contributed by atoms with Crippen molar-refractivity contribution in [3.63, 3.8) is 0 Å². The molecule has 21 heavy (non-hydrogen) atoms. The number of nitrogens with zero attached hydrogens (tertiary/aromatic N) is 1. The third-order valence-electron chi connectivity index (χ3n) is 6.24. The van der Waals surface area contributed by atoms with Crippen LogP contribution in [0.4, 0.5) is 0 Å². The van der Waals surface area contributed by atoms with Gasteiger partial charge in [0.25, 0.3) is 0 Å². The van der Waals surface area contributed by atoms with E-state index >= 15 is 0 Å². The van der Waals surface area contributed by atoms with Gasteiger partial charge >= 0.3 is 0 Å². The molecular formula is C18H36N2O. The van der Waals surface area contributed by atoms with E-state index in [1.54, 1.807) is 0 Å². The fourth-order valence-corrected chi connectivity index (χ4v) is 4.42. The molecule has 2 atom stereocenters. The number of hydrogen-bond acceptors (Lipinski definition) is 3. The Morgan fingerprint density at radius 2 is 1.76 bits per heavy atom. The van der Waals surface area contributed by atoms with Crippen LogP contribution in [-0.4, -0.2) is 43.3 Å². The van der Waals surface area contributed by atoms with E-state index < -0.39 is 0 Å². The lowest BCUT2D eigenvalue weighted by atomic mass is 9.76. The Morgan fingerprint density at radius 3 is 2.33 bits per heavy atom. The van der Waals surface area contributed by atoms with Crippen molar-refractivity contribution < 1.29 is 4.74 Å². The minimum atomic E-state index is 0.224. The van der Waals surface area contributed by atoms with Crippen molar-refractivity contribution in [2.45, 2.75) is 77.3 Å². The van der Waals surface area contributed by atoms with Gasteiger partial charge < -0.3 is 10.5 Å². The van der Waals surface area contributed by atoms with E-state index in [0.29, 0.717) is 11.5 Å². The fourth-order valence-electron chi connectivity index (χ4n) is 4.42. The predicted molar refractivity (Wildman–Crippen MR) is 89.4 cm³/mol. The van der Waals surface area contributed by atoms with E-state index in [2.05, 4.69) is 32.7 Å². The normalized spacial score (nSPS) is 33.1. The molecule has 2 unspecified atom stereocenters. The standard InChI is InChI=1S/C18H36N2O/c1-17(2,3)15-6-5-10-18(14-19,11-7-15)20(4)16-8-12-21-13-9-16/h15-16H,5-14,19H2,1-4H3. The first-order valence-corrected chi connectivity index (χ1v) is 8.90. The molecule has 0 aromatic heterocycles. The first-order valence-electron chi connectivity index (χ1n) is 8.90. The van der Waals surface area contributed by atoms with Crippen LogP contribution in [0.1, 0.15) is 65.7 Å². The van der Waals surface area contributed by atoms with Gasteiger partial charge in [0, 0.05) is 31.3 Å². The van der Waals surface area contributed by atoms with Crippen LogP contribution in [-0.2, 0) is 4.74 Å². The molecule has 1 aliphatic carbocycles. The number of hydrogen-bond donors (Lipinski definition) is 1. The first kappa shape index (κ1) is 17.2. The van der Waals surface area contributed by atoms with Crippen LogP contribution >= 0.6 is 0 Å². The number of nitrogens with two attached hydrogens (primary N) is 1. The maximum absolute atomic E-state index is 6.30. The monoisotopic (exact) mass is 296 g/mol. The highest BCUT2D eigenvalue weighted by Gasteiger charge is 2.40. The number of likely N-dealkylation sites (N-methyl/N-ethyl adjacent to an activating group) is 1. The summed E-state index contributed by atoms with van der Waals surface area (Å²) >= 11 is 0. The van der Waals surface area contributed by atoms with Gasteiger partial charge in [-0.2, -0.15) is 0 Å². The summed E-state index contributed by atoms with van der Waals surface area (Å²) in [5, 5.41) is 0. The van der Waals surface area contributed by atoms with Crippen molar-refractivity contribution >= 4 is 0 Å². The van der Waals surface area contributed by atoms with Crippen LogP contribution in [0.3, 0.4) is 0 Å². The second-order valence-corrected chi connectivity index (χ2v) is 8.38. The highest BCUT2D eigenvalue weighted by atomic mass is 16.5. The highest BCUT2D eigenvalue weighted by Crippen LogP contribution is 2.42. The molecule has 2 fully saturated rings. The van der Waals surface area contributed by atoms with E-state index in [0.717, 1.165) is 25.7 Å². The van der Waals surface area contributed by atoms with E-state index in [1.807, 2.05) is 0 Å². The topological polar surface area (TPSA) is 38.5 Å². The quantitative estimate of drug-likeness (QED) is 0.811. The van der Waals surface area contributed by atoms with E-state index in [4.69, 9.17) is 10.5 Å². The van der Waals surface area contributed by atoms with Gasteiger partial charge in [-0.25, -0.2) is 0 Å². The SMILES string of the molecule is CN(C1CCOCC1)C1(CN)CCCC(C(C)(C)C)CC1. The van der Waals surface area contributed by atoms with Gasteiger partial charge in [0.05, 0.1) is 0 Å². The summed E-state index contributed by atoms with van der Waals surface area (Å²) in [5.41, 5.74) is 6.95. The summed E-state index contributed by atoms with van der Waals surface area (Å²) in [6.45, 7) is 9.83. The molecule has 0 aromatic rings. The molecule has 0 spiro atoms. The molecule has 0 radical (unpaired) electrons. The minimum absolute atomic E-state index is 0.224. The average Bonchev–Trinajstić information content (AvgIpc) is 2.70. The lowest BCUT2D eigenvalue weighted by molar-refractivity contribution is -0.00857. The molecule has 1 aliphatic heterocycles. The van der Waals surface area contributed by atoms with Gasteiger partial charge in [0.2, 0.25) is 0 Å². The van der Waals surface area contributed by atoms with Crippen molar-refractivity contribution in [1.82, 2.24) is 4.90 Å². The van der Waals surface area contributed by atoms with Gasteiger partial charge in [-0.3, -0.25) is 4.90 Å². The Hall–Kier alpha value is -0.120. The van der Waals surface area contributed by atoms with Crippen molar-refractivity contribution in [3.05, 3.63) is 0 Å². The van der Waals surface area contributed by atoms with Crippen molar-refractivity contribution in [2.75, 3.05) is 26.8 Å². The fraction of sp³-hybridized carbons (Fsp3) is 1.00. The minimum Gasteiger partial charge on any atom is -0.381 e. The molecular weight excluding hydrogens is 260 g/mol. The predicted octanol–water partition coefficient (Wildman–Crippen LogP) is 3.42. The lowest BCUT2D eigenvalue weighted by Crippen LogP contribution is -2.56. The van der Waals surface area contributed by atoms with Gasteiger partial charge in [-0.05, 0) is 56.9 Å². The van der Waals surface area contributed by atoms with Crippen LogP contribution in [0.5, 0.6) is 0 Å². The van der Waals surface area contributed by atoms with Crippen LogP contribution in [0.2, 0.25) is 0 Å². The molecule has 1 saturated heterocycles. The maximum atomic E-state index is 6.30. The second kappa shape index (κ2) is 6.97. The Labute approximate surface area is 131 Å². The number of rotatable bonds is 3. The number of ether oxygens (including phenoxy) is 1. The van der Waals surface area contributed by atoms with E-state index in [-0.39, 0.29) is 5.54 Å².